The minimum atomic E-state index is 1.01. The van der Waals surface area contributed by atoms with Gasteiger partial charge in [-0.15, -0.1) is 0 Å². The molecule has 19 heavy (non-hydrogen) atoms. The van der Waals surface area contributed by atoms with Crippen molar-refractivity contribution in [2.24, 2.45) is 0 Å². The predicted octanol–water partition coefficient (Wildman–Crippen LogP) is 4.66. The molecule has 0 nitrogen and oxygen atoms in total. The monoisotopic (exact) mass is 242 g/mol. The van der Waals surface area contributed by atoms with Gasteiger partial charge in [0.2, 0.25) is 0 Å². The van der Waals surface area contributed by atoms with Crippen LogP contribution >= 0.6 is 0 Å². The Morgan fingerprint density at radius 2 is 1.00 bits per heavy atom. The van der Waals surface area contributed by atoms with Crippen LogP contribution in [0.25, 0.3) is 0 Å². The van der Waals surface area contributed by atoms with Crippen LogP contribution < -0.4 is 0 Å². The predicted molar refractivity (Wildman–Crippen MR) is 80.5 cm³/mol. The van der Waals surface area contributed by atoms with Gasteiger partial charge >= 0.3 is 0 Å². The van der Waals surface area contributed by atoms with E-state index in [9.17, 15) is 0 Å². The number of rotatable bonds is 0. The van der Waals surface area contributed by atoms with Crippen molar-refractivity contribution in [3.8, 4) is 0 Å². The van der Waals surface area contributed by atoms with E-state index in [1.807, 2.05) is 0 Å². The fourth-order valence-electron chi connectivity index (χ4n) is 2.94. The summed E-state index contributed by atoms with van der Waals surface area (Å²) >= 11 is 0. The van der Waals surface area contributed by atoms with E-state index in [0.717, 1.165) is 6.42 Å². The molecular formula is C19H14. The first-order valence-corrected chi connectivity index (χ1v) is 6.68. The Morgan fingerprint density at radius 3 is 1.53 bits per heavy atom. The summed E-state index contributed by atoms with van der Waals surface area (Å²) < 4.78 is 0. The van der Waals surface area contributed by atoms with Gasteiger partial charge in [0.05, 0.1) is 0 Å². The minimum absolute atomic E-state index is 1.01. The molecule has 0 radical (unpaired) electrons. The largest absolute Gasteiger partial charge is 0.0616 e. The molecule has 0 heterocycles. The zero-order valence-corrected chi connectivity index (χ0v) is 10.6. The Hall–Kier alpha value is -2.34. The van der Waals surface area contributed by atoms with E-state index < -0.39 is 0 Å². The van der Waals surface area contributed by atoms with Crippen LogP contribution in [0, 0.1) is 0 Å². The maximum atomic E-state index is 2.24. The highest BCUT2D eigenvalue weighted by Crippen LogP contribution is 2.38. The van der Waals surface area contributed by atoms with Crippen molar-refractivity contribution in [2.45, 2.75) is 6.42 Å². The molecule has 4 aliphatic rings. The third-order valence-electron chi connectivity index (χ3n) is 3.96. The highest BCUT2D eigenvalue weighted by atomic mass is 14.2. The van der Waals surface area contributed by atoms with Crippen LogP contribution in [0.3, 0.4) is 0 Å². The van der Waals surface area contributed by atoms with Crippen LogP contribution in [0.2, 0.25) is 0 Å². The first-order chi connectivity index (χ1) is 9.42. The van der Waals surface area contributed by atoms with Gasteiger partial charge in [0, 0.05) is 0 Å². The lowest BCUT2D eigenvalue weighted by Gasteiger charge is -2.11. The maximum Gasteiger partial charge on any atom is -0.000200 e. The van der Waals surface area contributed by atoms with E-state index in [2.05, 4.69) is 72.9 Å². The lowest BCUT2D eigenvalue weighted by atomic mass is 9.93. The molecule has 0 spiro atoms. The third-order valence-corrected chi connectivity index (χ3v) is 3.96. The van der Waals surface area contributed by atoms with Crippen LogP contribution in [0.15, 0.2) is 106 Å². The van der Waals surface area contributed by atoms with E-state index in [1.165, 1.54) is 33.4 Å². The molecule has 2 bridgehead atoms. The Balaban J connectivity index is 2.03. The molecule has 4 aliphatic carbocycles. The summed E-state index contributed by atoms with van der Waals surface area (Å²) in [6.07, 6.45) is 27.3. The zero-order valence-electron chi connectivity index (χ0n) is 10.6. The van der Waals surface area contributed by atoms with Gasteiger partial charge in [0.15, 0.2) is 0 Å². The SMILES string of the molecule is C1=CC2=CC=C3C=CC=CC4=C3CC2=C(C=C1)C=C4. The number of hydrogen-bond acceptors (Lipinski definition) is 0. The summed E-state index contributed by atoms with van der Waals surface area (Å²) in [5.41, 5.74) is 8.18. The van der Waals surface area contributed by atoms with Crippen molar-refractivity contribution in [1.82, 2.24) is 0 Å². The highest BCUT2D eigenvalue weighted by molar-refractivity contribution is 5.66. The van der Waals surface area contributed by atoms with Gasteiger partial charge < -0.3 is 0 Å². The average Bonchev–Trinajstić information content (AvgIpc) is 2.82. The second-order valence-corrected chi connectivity index (χ2v) is 5.06. The lowest BCUT2D eigenvalue weighted by molar-refractivity contribution is 1.15. The average molecular weight is 242 g/mol. The number of hydrogen-bond donors (Lipinski definition) is 0. The van der Waals surface area contributed by atoms with Gasteiger partial charge in [-0.25, -0.2) is 0 Å². The van der Waals surface area contributed by atoms with Gasteiger partial charge in [-0.3, -0.25) is 0 Å². The van der Waals surface area contributed by atoms with Gasteiger partial charge in [0.1, 0.15) is 0 Å². The van der Waals surface area contributed by atoms with Crippen molar-refractivity contribution in [1.29, 1.82) is 0 Å². The van der Waals surface area contributed by atoms with Crippen molar-refractivity contribution in [3.63, 3.8) is 0 Å². The van der Waals surface area contributed by atoms with Gasteiger partial charge in [-0.1, -0.05) is 72.9 Å². The van der Waals surface area contributed by atoms with E-state index in [-0.39, 0.29) is 0 Å². The van der Waals surface area contributed by atoms with E-state index in [0.29, 0.717) is 0 Å². The summed E-state index contributed by atoms with van der Waals surface area (Å²) in [5, 5.41) is 0. The molecule has 4 rings (SSSR count). The van der Waals surface area contributed by atoms with Gasteiger partial charge in [-0.2, -0.15) is 0 Å². The zero-order chi connectivity index (χ0) is 12.7. The molecule has 0 unspecified atom stereocenters. The molecule has 0 heteroatoms. The Labute approximate surface area is 113 Å². The summed E-state index contributed by atoms with van der Waals surface area (Å²) in [6.45, 7) is 0. The topological polar surface area (TPSA) is 0 Å². The molecule has 0 fully saturated rings. The van der Waals surface area contributed by atoms with E-state index in [4.69, 9.17) is 0 Å². The summed E-state index contributed by atoms with van der Waals surface area (Å²) in [7, 11) is 0. The lowest BCUT2D eigenvalue weighted by Crippen LogP contribution is -1.93. The fourth-order valence-corrected chi connectivity index (χ4v) is 2.94. The molecular weight excluding hydrogens is 228 g/mol. The molecule has 0 N–H and O–H groups in total. The molecule has 0 aromatic carbocycles. The second kappa shape index (κ2) is 4.10. The van der Waals surface area contributed by atoms with Crippen LogP contribution in [0.1, 0.15) is 6.42 Å². The Kier molecular flexibility index (Phi) is 2.28. The first-order valence-electron chi connectivity index (χ1n) is 6.68. The summed E-state index contributed by atoms with van der Waals surface area (Å²) in [6, 6.07) is 0. The first kappa shape index (κ1) is 10.6. The fraction of sp³-hybridized carbons (Fsp3) is 0.0526. The smallest absolute Gasteiger partial charge is 0.000200 e. The van der Waals surface area contributed by atoms with E-state index in [1.54, 1.807) is 0 Å². The van der Waals surface area contributed by atoms with Crippen molar-refractivity contribution >= 4 is 0 Å². The highest BCUT2D eigenvalue weighted by Gasteiger charge is 2.19. The van der Waals surface area contributed by atoms with E-state index >= 15 is 0 Å². The van der Waals surface area contributed by atoms with Gasteiger partial charge in [0.25, 0.3) is 0 Å². The summed E-state index contributed by atoms with van der Waals surface area (Å²) in [4.78, 5) is 0. The second-order valence-electron chi connectivity index (χ2n) is 5.06. The Morgan fingerprint density at radius 1 is 0.526 bits per heavy atom. The third kappa shape index (κ3) is 1.68. The van der Waals surface area contributed by atoms with Crippen LogP contribution in [0.4, 0.5) is 0 Å². The Bertz CT molecular complexity index is 658. The van der Waals surface area contributed by atoms with Crippen molar-refractivity contribution in [3.05, 3.63) is 106 Å². The number of allylic oxidation sites excluding steroid dienone is 18. The molecule has 0 saturated carbocycles. The van der Waals surface area contributed by atoms with Crippen LogP contribution in [-0.4, -0.2) is 0 Å². The minimum Gasteiger partial charge on any atom is -0.0616 e. The standard InChI is InChI=1S/C19H14/c1-2-6-15-11-12-17-8-4-3-7-16-10-9-14(5-1)18(15)13-19(16)17/h1-12H,13H2. The summed E-state index contributed by atoms with van der Waals surface area (Å²) in [5.74, 6) is 0. The molecule has 0 saturated heterocycles. The molecule has 0 aromatic heterocycles. The quantitative estimate of drug-likeness (QED) is 0.579. The van der Waals surface area contributed by atoms with Crippen molar-refractivity contribution < 1.29 is 0 Å². The molecule has 0 atom stereocenters. The molecule has 0 aliphatic heterocycles. The molecule has 90 valence electrons. The van der Waals surface area contributed by atoms with Gasteiger partial charge in [-0.05, 0) is 39.9 Å². The molecule has 0 amide bonds. The molecule has 0 aromatic rings. The van der Waals surface area contributed by atoms with Crippen LogP contribution in [0.5, 0.6) is 0 Å². The normalized spacial score (nSPS) is 22.7. The van der Waals surface area contributed by atoms with Crippen LogP contribution in [-0.2, 0) is 0 Å². The van der Waals surface area contributed by atoms with Crippen molar-refractivity contribution in [2.75, 3.05) is 0 Å². The maximum absolute atomic E-state index is 2.24.